The van der Waals surface area contributed by atoms with E-state index in [1.54, 1.807) is 19.1 Å². The van der Waals surface area contributed by atoms with Crippen LogP contribution in [0.1, 0.15) is 6.92 Å². The highest BCUT2D eigenvalue weighted by atomic mass is 79.9. The minimum Gasteiger partial charge on any atom is -0.487 e. The van der Waals surface area contributed by atoms with Gasteiger partial charge in [0.15, 0.2) is 5.75 Å². The summed E-state index contributed by atoms with van der Waals surface area (Å²) in [6, 6.07) is 3.39. The number of aliphatic hydroxyl groups is 1. The molecule has 1 aromatic carbocycles. The van der Waals surface area contributed by atoms with Gasteiger partial charge in [-0.3, -0.25) is 0 Å². The van der Waals surface area contributed by atoms with E-state index in [4.69, 9.17) is 27.2 Å². The second-order valence-electron chi connectivity index (χ2n) is 2.97. The van der Waals surface area contributed by atoms with Crippen LogP contribution in [0.25, 0.3) is 0 Å². The van der Waals surface area contributed by atoms with Gasteiger partial charge in [-0.25, -0.2) is 0 Å². The highest BCUT2D eigenvalue weighted by Gasteiger charge is 2.08. The molecule has 5 heteroatoms. The van der Waals surface area contributed by atoms with Gasteiger partial charge in [-0.05, 0) is 19.1 Å². The number of hydrogen-bond acceptors (Lipinski definition) is 3. The van der Waals surface area contributed by atoms with Crippen molar-refractivity contribution in [2.45, 2.75) is 13.0 Å². The largest absolute Gasteiger partial charge is 0.487 e. The first kappa shape index (κ1) is 11.6. The molecule has 3 nitrogen and oxygen atoms in total. The molecule has 1 rings (SSSR count). The van der Waals surface area contributed by atoms with Crippen LogP contribution in [0.5, 0.6) is 5.75 Å². The molecule has 0 radical (unpaired) electrons. The van der Waals surface area contributed by atoms with Crippen molar-refractivity contribution in [3.63, 3.8) is 0 Å². The molecular formula is C9H11BrClNO2. The molecule has 0 aliphatic rings. The Labute approximate surface area is 95.9 Å². The maximum Gasteiger partial charge on any atom is 0.160 e. The van der Waals surface area contributed by atoms with Gasteiger partial charge >= 0.3 is 0 Å². The highest BCUT2D eigenvalue weighted by molar-refractivity contribution is 9.10. The molecule has 0 aliphatic heterocycles. The van der Waals surface area contributed by atoms with Gasteiger partial charge in [0.05, 0.1) is 16.8 Å². The van der Waals surface area contributed by atoms with Crippen molar-refractivity contribution in [2.24, 2.45) is 0 Å². The Morgan fingerprint density at radius 3 is 2.79 bits per heavy atom. The van der Waals surface area contributed by atoms with E-state index in [9.17, 15) is 0 Å². The molecule has 0 amide bonds. The lowest BCUT2D eigenvalue weighted by Gasteiger charge is -2.12. The minimum atomic E-state index is -0.547. The summed E-state index contributed by atoms with van der Waals surface area (Å²) >= 11 is 9.16. The van der Waals surface area contributed by atoms with Crippen molar-refractivity contribution in [3.8, 4) is 5.75 Å². The first-order valence-electron chi connectivity index (χ1n) is 4.06. The maximum absolute atomic E-state index is 9.03. The van der Waals surface area contributed by atoms with Crippen LogP contribution >= 0.6 is 27.5 Å². The van der Waals surface area contributed by atoms with Crippen molar-refractivity contribution >= 4 is 33.2 Å². The predicted octanol–water partition coefficient (Wildman–Crippen LogP) is 2.44. The van der Waals surface area contributed by atoms with Gasteiger partial charge in [-0.1, -0.05) is 27.5 Å². The van der Waals surface area contributed by atoms with Gasteiger partial charge in [0.25, 0.3) is 0 Å². The quantitative estimate of drug-likeness (QED) is 0.836. The van der Waals surface area contributed by atoms with Gasteiger partial charge in [0.1, 0.15) is 6.61 Å². The molecule has 78 valence electrons. The Kier molecular flexibility index (Phi) is 4.04. The molecule has 0 bridgehead atoms. The van der Waals surface area contributed by atoms with E-state index < -0.39 is 6.10 Å². The average molecular weight is 281 g/mol. The number of ether oxygens (including phenoxy) is 1. The number of rotatable bonds is 3. The number of nitrogen functional groups attached to an aromatic ring is 1. The monoisotopic (exact) mass is 279 g/mol. The van der Waals surface area contributed by atoms with E-state index in [1.165, 1.54) is 0 Å². The van der Waals surface area contributed by atoms with Gasteiger partial charge in [0.2, 0.25) is 0 Å². The molecule has 0 spiro atoms. The fourth-order valence-corrected chi connectivity index (χ4v) is 1.83. The van der Waals surface area contributed by atoms with Gasteiger partial charge in [-0.2, -0.15) is 0 Å². The van der Waals surface area contributed by atoms with E-state index in [-0.39, 0.29) is 6.61 Å². The molecule has 0 heterocycles. The zero-order valence-electron chi connectivity index (χ0n) is 7.63. The lowest BCUT2D eigenvalue weighted by Crippen LogP contribution is -2.13. The Morgan fingerprint density at radius 2 is 2.29 bits per heavy atom. The first-order chi connectivity index (χ1) is 6.50. The third-order valence-electron chi connectivity index (χ3n) is 1.51. The van der Waals surface area contributed by atoms with Crippen molar-refractivity contribution in [3.05, 3.63) is 21.6 Å². The first-order valence-corrected chi connectivity index (χ1v) is 5.23. The highest BCUT2D eigenvalue weighted by Crippen LogP contribution is 2.34. The van der Waals surface area contributed by atoms with Gasteiger partial charge in [0, 0.05) is 4.47 Å². The van der Waals surface area contributed by atoms with Crippen molar-refractivity contribution < 1.29 is 9.84 Å². The summed E-state index contributed by atoms with van der Waals surface area (Å²) in [5.74, 6) is 0.413. The molecule has 1 aromatic rings. The van der Waals surface area contributed by atoms with Crippen LogP contribution in [0.3, 0.4) is 0 Å². The van der Waals surface area contributed by atoms with E-state index in [0.29, 0.717) is 16.5 Å². The minimum absolute atomic E-state index is 0.172. The number of aliphatic hydroxyl groups excluding tert-OH is 1. The van der Waals surface area contributed by atoms with Crippen LogP contribution in [0.15, 0.2) is 16.6 Å². The second kappa shape index (κ2) is 4.87. The molecule has 1 unspecified atom stereocenters. The van der Waals surface area contributed by atoms with Crippen LogP contribution in [-0.2, 0) is 0 Å². The smallest absolute Gasteiger partial charge is 0.160 e. The van der Waals surface area contributed by atoms with Crippen molar-refractivity contribution in [1.82, 2.24) is 0 Å². The summed E-state index contributed by atoms with van der Waals surface area (Å²) < 4.78 is 6.05. The SMILES string of the molecule is CC(O)COc1c(N)cc(Br)cc1Cl. The van der Waals surface area contributed by atoms with Crippen LogP contribution in [0.4, 0.5) is 5.69 Å². The Balaban J connectivity index is 2.86. The maximum atomic E-state index is 9.03. The number of halogens is 2. The third kappa shape index (κ3) is 3.04. The number of anilines is 1. The zero-order chi connectivity index (χ0) is 10.7. The molecule has 3 N–H and O–H groups in total. The predicted molar refractivity (Wildman–Crippen MR) is 60.7 cm³/mol. The zero-order valence-corrected chi connectivity index (χ0v) is 9.97. The van der Waals surface area contributed by atoms with Crippen LogP contribution in [0.2, 0.25) is 5.02 Å². The Bertz CT molecular complexity index is 308. The molecular weight excluding hydrogens is 269 g/mol. The van der Waals surface area contributed by atoms with E-state index >= 15 is 0 Å². The summed E-state index contributed by atoms with van der Waals surface area (Å²) in [5, 5.41) is 9.46. The van der Waals surface area contributed by atoms with Gasteiger partial charge < -0.3 is 15.6 Å². The van der Waals surface area contributed by atoms with Crippen molar-refractivity contribution in [1.29, 1.82) is 0 Å². The lowest BCUT2D eigenvalue weighted by atomic mass is 10.3. The molecule has 0 aliphatic carbocycles. The molecule has 1 atom stereocenters. The third-order valence-corrected chi connectivity index (χ3v) is 2.24. The van der Waals surface area contributed by atoms with Crippen molar-refractivity contribution in [2.75, 3.05) is 12.3 Å². The summed E-state index contributed by atoms with van der Waals surface area (Å²) in [7, 11) is 0. The molecule has 0 saturated carbocycles. The van der Waals surface area contributed by atoms with E-state index in [2.05, 4.69) is 15.9 Å². The average Bonchev–Trinajstić information content (AvgIpc) is 2.01. The summed E-state index contributed by atoms with van der Waals surface area (Å²) in [6.45, 7) is 1.80. The summed E-state index contributed by atoms with van der Waals surface area (Å²) in [6.07, 6.45) is -0.547. The Morgan fingerprint density at radius 1 is 1.64 bits per heavy atom. The number of nitrogens with two attached hydrogens (primary N) is 1. The standard InChI is InChI=1S/C9H11BrClNO2/c1-5(13)4-14-9-7(11)2-6(10)3-8(9)12/h2-3,5,13H,4,12H2,1H3. The van der Waals surface area contributed by atoms with E-state index in [0.717, 1.165) is 4.47 Å². The summed E-state index contributed by atoms with van der Waals surface area (Å²) in [5.41, 5.74) is 6.14. The number of hydrogen-bond donors (Lipinski definition) is 2. The fourth-order valence-electron chi connectivity index (χ4n) is 0.936. The molecule has 14 heavy (non-hydrogen) atoms. The molecule has 0 fully saturated rings. The summed E-state index contributed by atoms with van der Waals surface area (Å²) in [4.78, 5) is 0. The molecule has 0 aromatic heterocycles. The fraction of sp³-hybridized carbons (Fsp3) is 0.333. The Hall–Kier alpha value is -0.450. The van der Waals surface area contributed by atoms with Crippen LogP contribution < -0.4 is 10.5 Å². The van der Waals surface area contributed by atoms with Crippen LogP contribution in [-0.4, -0.2) is 17.8 Å². The second-order valence-corrected chi connectivity index (χ2v) is 4.29. The van der Waals surface area contributed by atoms with Crippen LogP contribution in [0, 0.1) is 0 Å². The topological polar surface area (TPSA) is 55.5 Å². The molecule has 0 saturated heterocycles. The number of benzene rings is 1. The van der Waals surface area contributed by atoms with E-state index in [1.807, 2.05) is 0 Å². The lowest BCUT2D eigenvalue weighted by molar-refractivity contribution is 0.123. The van der Waals surface area contributed by atoms with Gasteiger partial charge in [-0.15, -0.1) is 0 Å². The normalized spacial score (nSPS) is 12.6.